The molecule has 0 aliphatic rings. The first-order valence-electron chi connectivity index (χ1n) is 7.87. The SMILES string of the molecule is CCN(CC)C(C)(CC)C(O)Cc1cc(C)cc(C)c1. The van der Waals surface area contributed by atoms with Crippen LogP contribution in [0.15, 0.2) is 18.2 Å². The maximum absolute atomic E-state index is 10.8. The van der Waals surface area contributed by atoms with Crippen molar-refractivity contribution in [3.05, 3.63) is 34.9 Å². The second-order valence-corrected chi connectivity index (χ2v) is 6.10. The molecule has 2 unspecified atom stereocenters. The molecule has 0 fully saturated rings. The van der Waals surface area contributed by atoms with Crippen LogP contribution < -0.4 is 0 Å². The van der Waals surface area contributed by atoms with Crippen LogP contribution >= 0.6 is 0 Å². The van der Waals surface area contributed by atoms with Crippen LogP contribution in [0.2, 0.25) is 0 Å². The van der Waals surface area contributed by atoms with Crippen molar-refractivity contribution in [1.29, 1.82) is 0 Å². The molecule has 0 saturated heterocycles. The molecule has 1 aromatic carbocycles. The fourth-order valence-corrected chi connectivity index (χ4v) is 3.25. The van der Waals surface area contributed by atoms with Crippen LogP contribution in [0.4, 0.5) is 0 Å². The normalized spacial score (nSPS) is 16.2. The number of aliphatic hydroxyl groups is 1. The number of aliphatic hydroxyl groups excluding tert-OH is 1. The van der Waals surface area contributed by atoms with E-state index in [1.807, 2.05) is 0 Å². The Morgan fingerprint density at radius 2 is 1.55 bits per heavy atom. The molecule has 0 heterocycles. The molecule has 0 aliphatic heterocycles. The van der Waals surface area contributed by atoms with Gasteiger partial charge in [-0.1, -0.05) is 50.1 Å². The molecule has 0 aliphatic carbocycles. The van der Waals surface area contributed by atoms with Crippen molar-refractivity contribution in [2.24, 2.45) is 0 Å². The third-order valence-corrected chi connectivity index (χ3v) is 4.63. The molecule has 1 aromatic rings. The number of hydrogen-bond acceptors (Lipinski definition) is 2. The predicted octanol–water partition coefficient (Wildman–Crippen LogP) is 3.72. The molecule has 0 spiro atoms. The van der Waals surface area contributed by atoms with Gasteiger partial charge in [-0.15, -0.1) is 0 Å². The van der Waals surface area contributed by atoms with Crippen LogP contribution in [-0.2, 0) is 6.42 Å². The van der Waals surface area contributed by atoms with Crippen molar-refractivity contribution >= 4 is 0 Å². The van der Waals surface area contributed by atoms with Crippen molar-refractivity contribution in [3.8, 4) is 0 Å². The Morgan fingerprint density at radius 3 is 1.95 bits per heavy atom. The Labute approximate surface area is 124 Å². The molecule has 0 saturated carbocycles. The summed E-state index contributed by atoms with van der Waals surface area (Å²) in [5.41, 5.74) is 3.63. The molecular weight excluding hydrogens is 246 g/mol. The van der Waals surface area contributed by atoms with Crippen LogP contribution in [0.1, 0.15) is 50.8 Å². The topological polar surface area (TPSA) is 23.5 Å². The maximum Gasteiger partial charge on any atom is 0.0761 e. The Kier molecular flexibility index (Phi) is 6.22. The third-order valence-electron chi connectivity index (χ3n) is 4.63. The highest BCUT2D eigenvalue weighted by Crippen LogP contribution is 2.26. The summed E-state index contributed by atoms with van der Waals surface area (Å²) < 4.78 is 0. The van der Waals surface area contributed by atoms with Crippen LogP contribution in [0.25, 0.3) is 0 Å². The first-order chi connectivity index (χ1) is 9.37. The Morgan fingerprint density at radius 1 is 1.05 bits per heavy atom. The molecule has 1 rings (SSSR count). The quantitative estimate of drug-likeness (QED) is 0.821. The van der Waals surface area contributed by atoms with Crippen LogP contribution in [-0.4, -0.2) is 34.7 Å². The summed E-state index contributed by atoms with van der Waals surface area (Å²) in [6.45, 7) is 14.9. The second-order valence-electron chi connectivity index (χ2n) is 6.10. The Hall–Kier alpha value is -0.860. The highest BCUT2D eigenvalue weighted by Gasteiger charge is 2.35. The summed E-state index contributed by atoms with van der Waals surface area (Å²) in [5, 5.41) is 10.8. The molecular formula is C18H31NO. The van der Waals surface area contributed by atoms with Gasteiger partial charge in [-0.25, -0.2) is 0 Å². The van der Waals surface area contributed by atoms with Gasteiger partial charge in [0.15, 0.2) is 0 Å². The van der Waals surface area contributed by atoms with Gasteiger partial charge in [0.2, 0.25) is 0 Å². The van der Waals surface area contributed by atoms with Gasteiger partial charge in [-0.2, -0.15) is 0 Å². The standard InChI is InChI=1S/C18H31NO/c1-7-18(6,19(8-2)9-3)17(20)13-16-11-14(4)10-15(5)12-16/h10-12,17,20H,7-9,13H2,1-6H3. The fourth-order valence-electron chi connectivity index (χ4n) is 3.25. The zero-order valence-corrected chi connectivity index (χ0v) is 14.0. The van der Waals surface area contributed by atoms with Gasteiger partial charge in [-0.3, -0.25) is 4.90 Å². The van der Waals surface area contributed by atoms with E-state index >= 15 is 0 Å². The number of likely N-dealkylation sites (N-methyl/N-ethyl adjacent to an activating group) is 1. The lowest BCUT2D eigenvalue weighted by Crippen LogP contribution is -2.54. The second kappa shape index (κ2) is 7.24. The smallest absolute Gasteiger partial charge is 0.0761 e. The number of hydrogen-bond donors (Lipinski definition) is 1. The van der Waals surface area contributed by atoms with Crippen LogP contribution in [0.5, 0.6) is 0 Å². The average molecular weight is 277 g/mol. The predicted molar refractivity (Wildman–Crippen MR) is 87.2 cm³/mol. The van der Waals surface area contributed by atoms with Gasteiger partial charge in [0.1, 0.15) is 0 Å². The summed E-state index contributed by atoms with van der Waals surface area (Å²) in [5.74, 6) is 0. The molecule has 0 aromatic heterocycles. The summed E-state index contributed by atoms with van der Waals surface area (Å²) in [4.78, 5) is 2.38. The molecule has 0 bridgehead atoms. The molecule has 2 heteroatoms. The largest absolute Gasteiger partial charge is 0.391 e. The van der Waals surface area contributed by atoms with Gasteiger partial charge in [-0.05, 0) is 45.8 Å². The monoisotopic (exact) mass is 277 g/mol. The molecule has 20 heavy (non-hydrogen) atoms. The molecule has 2 atom stereocenters. The fraction of sp³-hybridized carbons (Fsp3) is 0.667. The van der Waals surface area contributed by atoms with Gasteiger partial charge in [0.05, 0.1) is 6.10 Å². The number of aryl methyl sites for hydroxylation is 2. The molecule has 114 valence electrons. The summed E-state index contributed by atoms with van der Waals surface area (Å²) in [6.07, 6.45) is 1.35. The molecule has 0 amide bonds. The van der Waals surface area contributed by atoms with Crippen molar-refractivity contribution in [2.45, 2.75) is 66.0 Å². The summed E-state index contributed by atoms with van der Waals surface area (Å²) >= 11 is 0. The van der Waals surface area contributed by atoms with E-state index in [4.69, 9.17) is 0 Å². The van der Waals surface area contributed by atoms with Gasteiger partial charge < -0.3 is 5.11 Å². The first-order valence-corrected chi connectivity index (χ1v) is 7.87. The minimum atomic E-state index is -0.339. The summed E-state index contributed by atoms with van der Waals surface area (Å²) in [7, 11) is 0. The lowest BCUT2D eigenvalue weighted by atomic mass is 9.85. The van der Waals surface area contributed by atoms with E-state index in [1.54, 1.807) is 0 Å². The Bertz CT molecular complexity index is 405. The lowest BCUT2D eigenvalue weighted by Gasteiger charge is -2.43. The number of rotatable bonds is 7. The minimum absolute atomic E-state index is 0.152. The summed E-state index contributed by atoms with van der Waals surface area (Å²) in [6, 6.07) is 6.56. The van der Waals surface area contributed by atoms with E-state index in [0.717, 1.165) is 25.9 Å². The molecule has 1 N–H and O–H groups in total. The van der Waals surface area contributed by atoms with Crippen molar-refractivity contribution in [1.82, 2.24) is 4.90 Å². The minimum Gasteiger partial charge on any atom is -0.391 e. The average Bonchev–Trinajstić information content (AvgIpc) is 2.38. The molecule has 0 radical (unpaired) electrons. The first kappa shape index (κ1) is 17.2. The highest BCUT2D eigenvalue weighted by molar-refractivity contribution is 5.29. The number of nitrogens with zero attached hydrogens (tertiary/aromatic N) is 1. The van der Waals surface area contributed by atoms with E-state index in [-0.39, 0.29) is 11.6 Å². The van der Waals surface area contributed by atoms with E-state index in [0.29, 0.717) is 0 Å². The highest BCUT2D eigenvalue weighted by atomic mass is 16.3. The molecule has 2 nitrogen and oxygen atoms in total. The van der Waals surface area contributed by atoms with Gasteiger partial charge in [0.25, 0.3) is 0 Å². The Balaban J connectivity index is 2.94. The van der Waals surface area contributed by atoms with E-state index in [2.05, 4.69) is 64.6 Å². The van der Waals surface area contributed by atoms with Gasteiger partial charge >= 0.3 is 0 Å². The van der Waals surface area contributed by atoms with Crippen molar-refractivity contribution < 1.29 is 5.11 Å². The zero-order chi connectivity index (χ0) is 15.3. The van der Waals surface area contributed by atoms with Crippen molar-refractivity contribution in [2.75, 3.05) is 13.1 Å². The zero-order valence-electron chi connectivity index (χ0n) is 14.0. The van der Waals surface area contributed by atoms with Crippen LogP contribution in [0, 0.1) is 13.8 Å². The van der Waals surface area contributed by atoms with Crippen LogP contribution in [0.3, 0.4) is 0 Å². The van der Waals surface area contributed by atoms with E-state index in [9.17, 15) is 5.11 Å². The van der Waals surface area contributed by atoms with Gasteiger partial charge in [0, 0.05) is 12.0 Å². The number of benzene rings is 1. The third kappa shape index (κ3) is 3.83. The maximum atomic E-state index is 10.8. The van der Waals surface area contributed by atoms with E-state index < -0.39 is 0 Å². The van der Waals surface area contributed by atoms with E-state index in [1.165, 1.54) is 16.7 Å². The van der Waals surface area contributed by atoms with Crippen molar-refractivity contribution in [3.63, 3.8) is 0 Å². The lowest BCUT2D eigenvalue weighted by molar-refractivity contribution is -0.0190.